The molecule has 5 aliphatic rings. The Bertz CT molecular complexity index is 1870. The van der Waals surface area contributed by atoms with E-state index in [1.807, 2.05) is 31.1 Å². The summed E-state index contributed by atoms with van der Waals surface area (Å²) in [5.41, 5.74) is 2.68. The number of anilines is 1. The number of carbonyl (C=O) groups excluding carboxylic acids is 2. The molecule has 0 radical (unpaired) electrons. The summed E-state index contributed by atoms with van der Waals surface area (Å²) in [6, 6.07) is 14.1. The van der Waals surface area contributed by atoms with Gasteiger partial charge in [0.1, 0.15) is 11.1 Å². The first-order chi connectivity index (χ1) is 27.0. The highest BCUT2D eigenvalue weighted by atomic mass is 32.2. The number of nitrogens with zero attached hydrogens (tertiary/aromatic N) is 4. The Kier molecular flexibility index (Phi) is 12.5. The van der Waals surface area contributed by atoms with Crippen LogP contribution in [0.3, 0.4) is 0 Å². The van der Waals surface area contributed by atoms with Crippen molar-refractivity contribution in [2.75, 3.05) is 105 Å². The molecule has 3 atom stereocenters. The highest BCUT2D eigenvalue weighted by Crippen LogP contribution is 2.50. The van der Waals surface area contributed by atoms with Crippen LogP contribution < -0.4 is 15.5 Å². The predicted octanol–water partition coefficient (Wildman–Crippen LogP) is 3.30. The Morgan fingerprint density at radius 3 is 2.54 bits per heavy atom. The van der Waals surface area contributed by atoms with Crippen molar-refractivity contribution in [3.63, 3.8) is 0 Å². The third-order valence-electron chi connectivity index (χ3n) is 12.6. The second-order valence-corrected chi connectivity index (χ2v) is 18.7. The Morgan fingerprint density at radius 2 is 1.84 bits per heavy atom. The van der Waals surface area contributed by atoms with Crippen molar-refractivity contribution in [1.29, 1.82) is 0 Å². The van der Waals surface area contributed by atoms with Crippen LogP contribution in [0.25, 0.3) is 0 Å². The van der Waals surface area contributed by atoms with Crippen molar-refractivity contribution < 1.29 is 31.9 Å². The van der Waals surface area contributed by atoms with Gasteiger partial charge in [0, 0.05) is 87.4 Å². The number of hydrogen-bond donors (Lipinski definition) is 2. The number of ether oxygens (including phenoxy) is 2. The van der Waals surface area contributed by atoms with Gasteiger partial charge < -0.3 is 39.7 Å². The molecule has 12 nitrogen and oxygen atoms in total. The number of rotatable bonds is 11. The fraction of sp³-hybridized carbons (Fsp3) is 0.571. The van der Waals surface area contributed by atoms with Gasteiger partial charge in [0.15, 0.2) is 9.84 Å². The number of sulfone groups is 1. The summed E-state index contributed by atoms with van der Waals surface area (Å²) in [5.74, 6) is 0.268. The van der Waals surface area contributed by atoms with Crippen molar-refractivity contribution in [2.45, 2.75) is 40.9 Å². The fourth-order valence-electron chi connectivity index (χ4n) is 9.51. The number of halogens is 1. The van der Waals surface area contributed by atoms with Gasteiger partial charge in [-0.3, -0.25) is 4.79 Å². The number of nitrogens with one attached hydrogen (secondary N) is 2. The van der Waals surface area contributed by atoms with E-state index < -0.39 is 26.6 Å². The first kappa shape index (κ1) is 40.4. The molecule has 0 spiro atoms. The Balaban J connectivity index is 0.956. The van der Waals surface area contributed by atoms with Crippen molar-refractivity contribution in [1.82, 2.24) is 25.3 Å². The lowest BCUT2D eigenvalue weighted by molar-refractivity contribution is -0.129. The quantitative estimate of drug-likeness (QED) is 0.259. The minimum absolute atomic E-state index is 0.0705. The second-order valence-electron chi connectivity index (χ2n) is 16.5. The molecule has 304 valence electrons. The van der Waals surface area contributed by atoms with E-state index in [9.17, 15) is 18.0 Å². The largest absolute Gasteiger partial charge is 0.453 e. The molecular weight excluding hydrogens is 736 g/mol. The minimum atomic E-state index is -3.53. The third-order valence-corrected chi connectivity index (χ3v) is 14.7. The molecule has 0 saturated carbocycles. The van der Waals surface area contributed by atoms with E-state index in [0.717, 1.165) is 62.4 Å². The van der Waals surface area contributed by atoms with Crippen molar-refractivity contribution in [3.05, 3.63) is 83.7 Å². The number of hydrogen-bond acceptors (Lipinski definition) is 10. The molecular formula is C42H57FN6O6S. The zero-order valence-electron chi connectivity index (χ0n) is 32.9. The van der Waals surface area contributed by atoms with Crippen LogP contribution in [-0.2, 0) is 29.5 Å². The molecule has 14 heteroatoms. The Labute approximate surface area is 331 Å². The van der Waals surface area contributed by atoms with E-state index in [1.165, 1.54) is 19.3 Å². The van der Waals surface area contributed by atoms with E-state index >= 15 is 4.39 Å². The van der Waals surface area contributed by atoms with Crippen LogP contribution in [-0.4, -0.2) is 146 Å². The lowest BCUT2D eigenvalue weighted by atomic mass is 9.58. The number of benzene rings is 2. The van der Waals surface area contributed by atoms with Gasteiger partial charge in [-0.1, -0.05) is 24.3 Å². The molecule has 0 unspecified atom stereocenters. The molecule has 1 aliphatic carbocycles. The summed E-state index contributed by atoms with van der Waals surface area (Å²) in [6.07, 6.45) is 7.70. The van der Waals surface area contributed by atoms with Gasteiger partial charge in [0.05, 0.1) is 25.2 Å². The summed E-state index contributed by atoms with van der Waals surface area (Å²) in [5, 5.41) is 6.20. The highest BCUT2D eigenvalue weighted by Gasteiger charge is 2.52. The number of piperidine rings is 1. The van der Waals surface area contributed by atoms with Gasteiger partial charge in [-0.15, -0.1) is 0 Å². The second kappa shape index (κ2) is 17.4. The average Bonchev–Trinajstić information content (AvgIpc) is 3.53. The standard InChI is InChI=1S/C42H57FN6O6S/c1-46(2)16-5-8-40(50)49-26-37(27-49)56(52,53)36-11-9-35(10-12-36)48-24-31(25-48)23-47-17-13-32(14-18-47)42(33-6-4-7-34(43)22-33)29-44-15-19-55-28-30-20-38(42)39(21-30)45-41(51)54-3/h4-12,20,22,31-32,37-39,44H,13-19,21,23-29H2,1-3H3,(H,45,51)/b8-5+/t38-,39-,42-/m0/s1. The number of likely N-dealkylation sites (N-methyl/N-ethyl adjacent to an activating group) is 1. The first-order valence-corrected chi connectivity index (χ1v) is 21.5. The lowest BCUT2D eigenvalue weighted by Gasteiger charge is -2.51. The van der Waals surface area contributed by atoms with Crippen LogP contribution in [0.5, 0.6) is 0 Å². The summed E-state index contributed by atoms with van der Waals surface area (Å²) in [7, 11) is 1.70. The summed E-state index contributed by atoms with van der Waals surface area (Å²) in [4.78, 5) is 33.6. The summed E-state index contributed by atoms with van der Waals surface area (Å²) < 4.78 is 52.6. The van der Waals surface area contributed by atoms with E-state index in [1.54, 1.807) is 35.2 Å². The molecule has 7 rings (SSSR count). The number of methoxy groups -OCH3 is 1. The highest BCUT2D eigenvalue weighted by molar-refractivity contribution is 7.92. The molecule has 4 heterocycles. The van der Waals surface area contributed by atoms with Crippen molar-refractivity contribution >= 4 is 27.5 Å². The maximum Gasteiger partial charge on any atom is 0.407 e. The van der Waals surface area contributed by atoms with Crippen LogP contribution in [0, 0.1) is 23.6 Å². The Morgan fingerprint density at radius 1 is 1.09 bits per heavy atom. The van der Waals surface area contributed by atoms with Crippen molar-refractivity contribution in [2.24, 2.45) is 17.8 Å². The molecule has 2 aromatic rings. The Hall–Kier alpha value is -3.82. The molecule has 0 aromatic heterocycles. The van der Waals surface area contributed by atoms with E-state index in [4.69, 9.17) is 9.47 Å². The molecule has 56 heavy (non-hydrogen) atoms. The van der Waals surface area contributed by atoms with Gasteiger partial charge in [-0.2, -0.15) is 0 Å². The van der Waals surface area contributed by atoms with Gasteiger partial charge in [-0.25, -0.2) is 17.6 Å². The predicted molar refractivity (Wildman–Crippen MR) is 214 cm³/mol. The molecule has 3 saturated heterocycles. The fourth-order valence-corrected chi connectivity index (χ4v) is 11.2. The topological polar surface area (TPSA) is 124 Å². The number of alkyl carbamates (subject to hydrolysis) is 1. The molecule has 2 aromatic carbocycles. The minimum Gasteiger partial charge on any atom is -0.453 e. The van der Waals surface area contributed by atoms with Gasteiger partial charge in [0.25, 0.3) is 0 Å². The normalized spacial score (nSPS) is 25.8. The van der Waals surface area contributed by atoms with E-state index in [2.05, 4.69) is 32.6 Å². The average molecular weight is 793 g/mol. The van der Waals surface area contributed by atoms with Crippen LogP contribution in [0.2, 0.25) is 0 Å². The van der Waals surface area contributed by atoms with Gasteiger partial charge in [0.2, 0.25) is 5.91 Å². The molecule has 4 aliphatic heterocycles. The maximum atomic E-state index is 15.0. The van der Waals surface area contributed by atoms with Gasteiger partial charge in [-0.05, 0) is 99.9 Å². The van der Waals surface area contributed by atoms with Crippen LogP contribution in [0.4, 0.5) is 14.9 Å². The molecule has 2 amide bonds. The maximum absolute atomic E-state index is 15.0. The number of carbonyl (C=O) groups is 2. The number of fused-ring (bicyclic) bond motifs is 1. The molecule has 2 N–H and O–H groups in total. The lowest BCUT2D eigenvalue weighted by Crippen LogP contribution is -2.58. The smallest absolute Gasteiger partial charge is 0.407 e. The van der Waals surface area contributed by atoms with E-state index in [-0.39, 0.29) is 42.7 Å². The van der Waals surface area contributed by atoms with Crippen molar-refractivity contribution in [3.8, 4) is 0 Å². The van der Waals surface area contributed by atoms with Gasteiger partial charge >= 0.3 is 6.09 Å². The zero-order chi connectivity index (χ0) is 39.5. The number of amides is 2. The summed E-state index contributed by atoms with van der Waals surface area (Å²) in [6.45, 7) is 8.16. The monoisotopic (exact) mass is 792 g/mol. The third kappa shape index (κ3) is 8.69. The van der Waals surface area contributed by atoms with Crippen LogP contribution in [0.1, 0.15) is 24.8 Å². The molecule has 3 fully saturated rings. The molecule has 2 bridgehead atoms. The van der Waals surface area contributed by atoms with E-state index in [0.29, 0.717) is 50.1 Å². The first-order valence-electron chi connectivity index (χ1n) is 20.0. The summed E-state index contributed by atoms with van der Waals surface area (Å²) >= 11 is 0. The zero-order valence-corrected chi connectivity index (χ0v) is 33.7. The SMILES string of the molecule is COC(=O)N[C@H]1CC2=C[C@@H]1[C@](c1cccc(F)c1)(C1CCN(CC3CN(c4ccc(S(=O)(=O)C5CN(C(=O)/C=C/CN(C)C)C5)cc4)C3)CC1)CNCCOC2. The van der Waals surface area contributed by atoms with Crippen LogP contribution in [0.15, 0.2) is 77.2 Å². The number of likely N-dealkylation sites (tertiary alicyclic amines) is 2. The van der Waals surface area contributed by atoms with Crippen LogP contribution >= 0.6 is 0 Å².